The second kappa shape index (κ2) is 4.86. The molecule has 5 rings (SSSR count). The van der Waals surface area contributed by atoms with Gasteiger partial charge in [-0.2, -0.15) is 0 Å². The molecule has 0 atom stereocenters. The molecule has 122 valence electrons. The molecule has 0 bridgehead atoms. The van der Waals surface area contributed by atoms with Crippen molar-refractivity contribution in [3.05, 3.63) is 66.7 Å². The maximum absolute atomic E-state index is 2.53. The van der Waals surface area contributed by atoms with E-state index in [0.717, 1.165) is 0 Å². The van der Waals surface area contributed by atoms with Gasteiger partial charge in [0.15, 0.2) is 0 Å². The van der Waals surface area contributed by atoms with Gasteiger partial charge in [0.25, 0.3) is 0 Å². The topological polar surface area (TPSA) is 0 Å². The van der Waals surface area contributed by atoms with E-state index in [-0.39, 0.29) is 0 Å². The fourth-order valence-electron chi connectivity index (χ4n) is 5.37. The van der Waals surface area contributed by atoms with Crippen LogP contribution in [0.2, 0.25) is 26.2 Å². The minimum atomic E-state index is -1.65. The maximum atomic E-state index is 2.53. The highest BCUT2D eigenvalue weighted by molar-refractivity contribution is 7.20. The summed E-state index contributed by atoms with van der Waals surface area (Å²) in [5, 5.41) is 6.59. The van der Waals surface area contributed by atoms with Crippen LogP contribution in [-0.4, -0.2) is 22.9 Å². The molecule has 2 aliphatic heterocycles. The molecule has 0 nitrogen and oxygen atoms in total. The minimum Gasteiger partial charge on any atom is -0.0693 e. The standard InChI is InChI=1S/C22H23BSi2/c1-24(2)18-12-7-5-10-16(18)23-17-11-6-8-13-19(17)25(3,4)21-15-9-14-20(24)22(21)23/h5-15H,1-4H3. The first kappa shape index (κ1) is 15.4. The predicted molar refractivity (Wildman–Crippen MR) is 117 cm³/mol. The summed E-state index contributed by atoms with van der Waals surface area (Å²) in [5.74, 6) is 0. The third kappa shape index (κ3) is 1.83. The minimum absolute atomic E-state index is 0.430. The van der Waals surface area contributed by atoms with Crippen LogP contribution in [0.1, 0.15) is 0 Å². The molecule has 0 amide bonds. The van der Waals surface area contributed by atoms with Crippen LogP contribution < -0.4 is 37.1 Å². The number of hydrogen-bond acceptors (Lipinski definition) is 0. The van der Waals surface area contributed by atoms with Crippen LogP contribution in [0.15, 0.2) is 66.7 Å². The maximum Gasteiger partial charge on any atom is 0.240 e. The summed E-state index contributed by atoms with van der Waals surface area (Å²) in [6.07, 6.45) is 0. The fourth-order valence-corrected chi connectivity index (χ4v) is 11.9. The first-order valence-corrected chi connectivity index (χ1v) is 15.3. The summed E-state index contributed by atoms with van der Waals surface area (Å²) in [6, 6.07) is 25.7. The Balaban J connectivity index is 1.97. The van der Waals surface area contributed by atoms with E-state index in [1.165, 1.54) is 0 Å². The number of benzene rings is 3. The summed E-state index contributed by atoms with van der Waals surface area (Å²) >= 11 is 0. The quantitative estimate of drug-likeness (QED) is 0.515. The van der Waals surface area contributed by atoms with E-state index >= 15 is 0 Å². The molecule has 0 fully saturated rings. The van der Waals surface area contributed by atoms with E-state index in [2.05, 4.69) is 92.9 Å². The first-order valence-electron chi connectivity index (χ1n) is 9.26. The van der Waals surface area contributed by atoms with Crippen LogP contribution in [-0.2, 0) is 0 Å². The Morgan fingerprint density at radius 2 is 0.920 bits per heavy atom. The summed E-state index contributed by atoms with van der Waals surface area (Å²) in [5.41, 5.74) is 4.81. The Kier molecular flexibility index (Phi) is 3.00. The van der Waals surface area contributed by atoms with Crippen molar-refractivity contribution in [3.8, 4) is 0 Å². The van der Waals surface area contributed by atoms with E-state index in [1.54, 1.807) is 37.1 Å². The molecule has 0 saturated heterocycles. The van der Waals surface area contributed by atoms with Crippen molar-refractivity contribution in [1.82, 2.24) is 0 Å². The highest BCUT2D eigenvalue weighted by Crippen LogP contribution is 2.14. The van der Waals surface area contributed by atoms with Crippen molar-refractivity contribution in [2.75, 3.05) is 0 Å². The second-order valence-corrected chi connectivity index (χ2v) is 17.3. The molecule has 3 aromatic carbocycles. The van der Waals surface area contributed by atoms with Crippen molar-refractivity contribution in [3.63, 3.8) is 0 Å². The molecule has 0 aliphatic carbocycles. The van der Waals surface area contributed by atoms with Gasteiger partial charge in [0.1, 0.15) is 16.1 Å². The van der Waals surface area contributed by atoms with Crippen molar-refractivity contribution < 1.29 is 0 Å². The molecular formula is C22H23BSi2. The highest BCUT2D eigenvalue weighted by Gasteiger charge is 2.48. The average Bonchev–Trinajstić information content (AvgIpc) is 2.61. The van der Waals surface area contributed by atoms with Gasteiger partial charge in [0.05, 0.1) is 0 Å². The summed E-state index contributed by atoms with van der Waals surface area (Å²) in [7, 11) is -3.30. The van der Waals surface area contributed by atoms with E-state index < -0.39 is 16.1 Å². The smallest absolute Gasteiger partial charge is 0.0693 e. The van der Waals surface area contributed by atoms with Gasteiger partial charge in [-0.1, -0.05) is 130 Å². The van der Waals surface area contributed by atoms with E-state index in [9.17, 15) is 0 Å². The molecule has 0 radical (unpaired) electrons. The summed E-state index contributed by atoms with van der Waals surface area (Å²) in [6.45, 7) is 10.6. The van der Waals surface area contributed by atoms with E-state index in [4.69, 9.17) is 0 Å². The number of fused-ring (bicyclic) bond motifs is 4. The molecule has 0 saturated carbocycles. The van der Waals surface area contributed by atoms with Crippen molar-refractivity contribution in [2.45, 2.75) is 26.2 Å². The molecule has 0 unspecified atom stereocenters. The van der Waals surface area contributed by atoms with Crippen LogP contribution >= 0.6 is 0 Å². The molecule has 0 spiro atoms. The van der Waals surface area contributed by atoms with E-state index in [0.29, 0.717) is 6.71 Å². The zero-order chi connectivity index (χ0) is 17.4. The third-order valence-corrected chi connectivity index (χ3v) is 13.8. The third-order valence-electron chi connectivity index (χ3n) is 6.63. The van der Waals surface area contributed by atoms with Crippen LogP contribution in [0, 0.1) is 0 Å². The molecule has 3 heteroatoms. The van der Waals surface area contributed by atoms with Crippen molar-refractivity contribution in [1.29, 1.82) is 0 Å². The van der Waals surface area contributed by atoms with Crippen LogP contribution in [0.4, 0.5) is 0 Å². The average molecular weight is 354 g/mol. The summed E-state index contributed by atoms with van der Waals surface area (Å²) < 4.78 is 0. The van der Waals surface area contributed by atoms with Gasteiger partial charge >= 0.3 is 0 Å². The monoisotopic (exact) mass is 354 g/mol. The largest absolute Gasteiger partial charge is 0.240 e. The Hall–Kier alpha value is -1.84. The predicted octanol–water partition coefficient (Wildman–Crippen LogP) is 0.475. The molecule has 0 N–H and O–H groups in total. The van der Waals surface area contributed by atoms with E-state index in [1.807, 2.05) is 0 Å². The lowest BCUT2D eigenvalue weighted by atomic mass is 9.36. The Morgan fingerprint density at radius 3 is 1.40 bits per heavy atom. The van der Waals surface area contributed by atoms with Crippen molar-refractivity contribution >= 4 is 60.0 Å². The highest BCUT2D eigenvalue weighted by atomic mass is 28.3. The zero-order valence-electron chi connectivity index (χ0n) is 15.4. The summed E-state index contributed by atoms with van der Waals surface area (Å²) in [4.78, 5) is 0. The molecular weight excluding hydrogens is 331 g/mol. The van der Waals surface area contributed by atoms with Crippen LogP contribution in [0.5, 0.6) is 0 Å². The van der Waals surface area contributed by atoms with Crippen molar-refractivity contribution in [2.24, 2.45) is 0 Å². The normalized spacial score (nSPS) is 18.2. The van der Waals surface area contributed by atoms with Gasteiger partial charge in [-0.25, -0.2) is 0 Å². The van der Waals surface area contributed by atoms with Gasteiger partial charge in [-0.3, -0.25) is 0 Å². The van der Waals surface area contributed by atoms with Gasteiger partial charge < -0.3 is 0 Å². The lowest BCUT2D eigenvalue weighted by Crippen LogP contribution is -2.86. The first-order chi connectivity index (χ1) is 11.9. The Bertz CT molecular complexity index is 942. The van der Waals surface area contributed by atoms with Gasteiger partial charge in [0, 0.05) is 0 Å². The fraction of sp³-hybridized carbons (Fsp3) is 0.182. The molecule has 0 aromatic heterocycles. The second-order valence-electron chi connectivity index (χ2n) is 8.62. The van der Waals surface area contributed by atoms with Crippen LogP contribution in [0.25, 0.3) is 0 Å². The van der Waals surface area contributed by atoms with Gasteiger partial charge in [0.2, 0.25) is 6.71 Å². The number of hydrogen-bond donors (Lipinski definition) is 0. The zero-order valence-corrected chi connectivity index (χ0v) is 17.4. The van der Waals surface area contributed by atoms with Gasteiger partial charge in [-0.15, -0.1) is 0 Å². The molecule has 25 heavy (non-hydrogen) atoms. The van der Waals surface area contributed by atoms with Crippen LogP contribution in [0.3, 0.4) is 0 Å². The lowest BCUT2D eigenvalue weighted by molar-refractivity contribution is 1.65. The Labute approximate surface area is 153 Å². The Morgan fingerprint density at radius 1 is 0.520 bits per heavy atom. The van der Waals surface area contributed by atoms with Gasteiger partial charge in [-0.05, 0) is 0 Å². The lowest BCUT2D eigenvalue weighted by Gasteiger charge is -2.45. The molecule has 2 aliphatic rings. The molecule has 3 aromatic rings. The SMILES string of the molecule is C[Si]1(C)c2ccccc2B2c3ccccc3[Si](C)(C)c3cccc1c32. The molecule has 2 heterocycles. The number of rotatable bonds is 0.